The molecule has 0 bridgehead atoms. The number of nitrogens with one attached hydrogen (secondary N) is 1. The molecule has 1 aliphatic heterocycles. The third kappa shape index (κ3) is 6.64. The van der Waals surface area contributed by atoms with E-state index in [-0.39, 0.29) is 18.2 Å². The molecule has 162 valence electrons. The number of rotatable bonds is 7. The molecule has 0 saturated carbocycles. The minimum Gasteiger partial charge on any atom is -0.495 e. The molecule has 30 heavy (non-hydrogen) atoms. The molecule has 1 N–H and O–H groups in total. The summed E-state index contributed by atoms with van der Waals surface area (Å²) in [6.07, 6.45) is -4.68. The monoisotopic (exact) mass is 423 g/mol. The van der Waals surface area contributed by atoms with Gasteiger partial charge in [-0.15, -0.1) is 13.2 Å². The molecular weight excluding hydrogens is 399 g/mol. The van der Waals surface area contributed by atoms with Crippen LogP contribution in [0.3, 0.4) is 0 Å². The number of hydrogen-bond acceptors (Lipinski definition) is 5. The van der Waals surface area contributed by atoms with E-state index in [1.165, 1.54) is 12.1 Å². The van der Waals surface area contributed by atoms with E-state index < -0.39 is 6.36 Å². The number of anilines is 1. The van der Waals surface area contributed by atoms with Crippen molar-refractivity contribution in [3.63, 3.8) is 0 Å². The van der Waals surface area contributed by atoms with Gasteiger partial charge in [0.25, 0.3) is 0 Å². The minimum atomic E-state index is -4.68. The Morgan fingerprint density at radius 2 is 1.63 bits per heavy atom. The Bertz CT molecular complexity index is 835. The van der Waals surface area contributed by atoms with Gasteiger partial charge in [0, 0.05) is 32.7 Å². The number of halogens is 3. The topological polar surface area (TPSA) is 54.0 Å². The number of carbonyl (C=O) groups excluding carboxylic acids is 1. The second-order valence-electron chi connectivity index (χ2n) is 6.99. The van der Waals surface area contributed by atoms with Crippen molar-refractivity contribution in [2.24, 2.45) is 0 Å². The number of methoxy groups -OCH3 is 1. The lowest BCUT2D eigenvalue weighted by molar-refractivity contribution is -0.274. The van der Waals surface area contributed by atoms with Gasteiger partial charge in [-0.25, -0.2) is 0 Å². The smallest absolute Gasteiger partial charge is 0.495 e. The molecular formula is C21H24F3N3O3. The van der Waals surface area contributed by atoms with Crippen molar-refractivity contribution in [2.45, 2.75) is 12.9 Å². The van der Waals surface area contributed by atoms with Crippen LogP contribution in [0.25, 0.3) is 0 Å². The Balaban J connectivity index is 1.43. The average molecular weight is 423 g/mol. The lowest BCUT2D eigenvalue weighted by Crippen LogP contribution is -2.48. The summed E-state index contributed by atoms with van der Waals surface area (Å²) in [5.74, 6) is 0.285. The Morgan fingerprint density at radius 3 is 2.27 bits per heavy atom. The fraction of sp³-hybridized carbons (Fsp3) is 0.381. The van der Waals surface area contributed by atoms with E-state index in [0.717, 1.165) is 31.7 Å². The number of ether oxygens (including phenoxy) is 2. The summed E-state index contributed by atoms with van der Waals surface area (Å²) in [7, 11) is 1.56. The predicted octanol–water partition coefficient (Wildman–Crippen LogP) is 3.35. The van der Waals surface area contributed by atoms with Crippen LogP contribution in [-0.2, 0) is 11.3 Å². The summed E-state index contributed by atoms with van der Waals surface area (Å²) in [6.45, 7) is 3.91. The van der Waals surface area contributed by atoms with Gasteiger partial charge in [0.15, 0.2) is 0 Å². The van der Waals surface area contributed by atoms with Crippen LogP contribution in [0.15, 0.2) is 48.5 Å². The van der Waals surface area contributed by atoms with Crippen molar-refractivity contribution >= 4 is 11.6 Å². The Hall–Kier alpha value is -2.78. The van der Waals surface area contributed by atoms with Crippen LogP contribution in [0.5, 0.6) is 11.5 Å². The lowest BCUT2D eigenvalue weighted by Gasteiger charge is -2.34. The van der Waals surface area contributed by atoms with Gasteiger partial charge in [-0.1, -0.05) is 24.3 Å². The van der Waals surface area contributed by atoms with Gasteiger partial charge < -0.3 is 14.8 Å². The van der Waals surface area contributed by atoms with Crippen molar-refractivity contribution < 1.29 is 27.4 Å². The van der Waals surface area contributed by atoms with Gasteiger partial charge in [-0.05, 0) is 29.8 Å². The van der Waals surface area contributed by atoms with Gasteiger partial charge in [0.2, 0.25) is 5.91 Å². The molecule has 1 amide bonds. The fourth-order valence-electron chi connectivity index (χ4n) is 3.30. The summed E-state index contributed by atoms with van der Waals surface area (Å²) in [5.41, 5.74) is 1.55. The van der Waals surface area contributed by atoms with Crippen LogP contribution in [0.1, 0.15) is 5.56 Å². The maximum Gasteiger partial charge on any atom is 0.573 e. The zero-order valence-electron chi connectivity index (χ0n) is 16.6. The number of nitrogens with zero attached hydrogens (tertiary/aromatic N) is 2. The molecule has 0 spiro atoms. The highest BCUT2D eigenvalue weighted by Crippen LogP contribution is 2.24. The molecule has 9 heteroatoms. The van der Waals surface area contributed by atoms with Crippen LogP contribution in [0.4, 0.5) is 18.9 Å². The van der Waals surface area contributed by atoms with Gasteiger partial charge in [0.1, 0.15) is 11.5 Å². The molecule has 1 saturated heterocycles. The molecule has 1 aliphatic rings. The molecule has 6 nitrogen and oxygen atoms in total. The summed E-state index contributed by atoms with van der Waals surface area (Å²) < 4.78 is 45.8. The van der Waals surface area contributed by atoms with E-state index in [2.05, 4.69) is 19.9 Å². The summed E-state index contributed by atoms with van der Waals surface area (Å²) in [5, 5.41) is 2.87. The number of piperazine rings is 1. The number of hydrogen-bond donors (Lipinski definition) is 1. The van der Waals surface area contributed by atoms with Crippen LogP contribution in [-0.4, -0.2) is 61.9 Å². The van der Waals surface area contributed by atoms with Crippen molar-refractivity contribution in [1.29, 1.82) is 0 Å². The second-order valence-corrected chi connectivity index (χ2v) is 6.99. The first-order valence-corrected chi connectivity index (χ1v) is 9.54. The van der Waals surface area contributed by atoms with Crippen molar-refractivity contribution in [2.75, 3.05) is 45.2 Å². The maximum absolute atomic E-state index is 12.3. The number of carbonyl (C=O) groups is 1. The summed E-state index contributed by atoms with van der Waals surface area (Å²) in [6, 6.07) is 13.2. The molecule has 0 aliphatic carbocycles. The molecule has 2 aromatic carbocycles. The zero-order chi connectivity index (χ0) is 21.6. The molecule has 2 aromatic rings. The van der Waals surface area contributed by atoms with Gasteiger partial charge in [-0.3, -0.25) is 14.6 Å². The third-order valence-corrected chi connectivity index (χ3v) is 4.78. The molecule has 0 atom stereocenters. The first-order chi connectivity index (χ1) is 14.3. The van der Waals surface area contributed by atoms with Crippen LogP contribution in [0, 0.1) is 0 Å². The zero-order valence-corrected chi connectivity index (χ0v) is 16.6. The fourth-order valence-corrected chi connectivity index (χ4v) is 3.30. The van der Waals surface area contributed by atoms with Gasteiger partial charge >= 0.3 is 6.36 Å². The maximum atomic E-state index is 12.3. The Morgan fingerprint density at radius 1 is 1.00 bits per heavy atom. The van der Waals surface area contributed by atoms with E-state index in [9.17, 15) is 18.0 Å². The van der Waals surface area contributed by atoms with Crippen LogP contribution < -0.4 is 14.8 Å². The average Bonchev–Trinajstić information content (AvgIpc) is 2.70. The molecule has 0 radical (unpaired) electrons. The van der Waals surface area contributed by atoms with E-state index in [1.54, 1.807) is 31.4 Å². The van der Waals surface area contributed by atoms with Crippen LogP contribution in [0.2, 0.25) is 0 Å². The standard InChI is InChI=1S/C21H24F3N3O3/c1-29-19-5-3-2-4-18(19)25-20(28)15-27-12-10-26(11-13-27)14-16-6-8-17(9-7-16)30-21(22,23)24/h2-9H,10-15H2,1H3,(H,25,28). The van der Waals surface area contributed by atoms with Crippen LogP contribution >= 0.6 is 0 Å². The van der Waals surface area contributed by atoms with E-state index >= 15 is 0 Å². The number of para-hydroxylation sites is 2. The number of alkyl halides is 3. The van der Waals surface area contributed by atoms with E-state index in [4.69, 9.17) is 4.74 Å². The molecule has 0 aromatic heterocycles. The van der Waals surface area contributed by atoms with Crippen molar-refractivity contribution in [3.8, 4) is 11.5 Å². The number of amides is 1. The summed E-state index contributed by atoms with van der Waals surface area (Å²) in [4.78, 5) is 16.6. The third-order valence-electron chi connectivity index (χ3n) is 4.78. The molecule has 1 fully saturated rings. The SMILES string of the molecule is COc1ccccc1NC(=O)CN1CCN(Cc2ccc(OC(F)(F)F)cc2)CC1. The van der Waals surface area contributed by atoms with Gasteiger partial charge in [0.05, 0.1) is 19.3 Å². The van der Waals surface area contributed by atoms with E-state index in [0.29, 0.717) is 18.0 Å². The quantitative estimate of drug-likeness (QED) is 0.740. The highest BCUT2D eigenvalue weighted by Gasteiger charge is 2.31. The Labute approximate surface area is 173 Å². The number of benzene rings is 2. The minimum absolute atomic E-state index is 0.104. The highest BCUT2D eigenvalue weighted by atomic mass is 19.4. The van der Waals surface area contributed by atoms with Gasteiger partial charge in [-0.2, -0.15) is 0 Å². The molecule has 0 unspecified atom stereocenters. The lowest BCUT2D eigenvalue weighted by atomic mass is 10.2. The molecule has 1 heterocycles. The highest BCUT2D eigenvalue weighted by molar-refractivity contribution is 5.93. The van der Waals surface area contributed by atoms with Crippen molar-refractivity contribution in [1.82, 2.24) is 9.80 Å². The first kappa shape index (κ1) is 21.9. The van der Waals surface area contributed by atoms with Crippen molar-refractivity contribution in [3.05, 3.63) is 54.1 Å². The summed E-state index contributed by atoms with van der Waals surface area (Å²) >= 11 is 0. The molecule has 3 rings (SSSR count). The Kier molecular flexibility index (Phi) is 7.17. The normalized spacial score (nSPS) is 15.6. The first-order valence-electron chi connectivity index (χ1n) is 9.54. The predicted molar refractivity (Wildman–Crippen MR) is 106 cm³/mol. The largest absolute Gasteiger partial charge is 0.573 e. The second kappa shape index (κ2) is 9.82. The van der Waals surface area contributed by atoms with E-state index in [1.807, 2.05) is 12.1 Å².